The van der Waals surface area contributed by atoms with Gasteiger partial charge in [-0.2, -0.15) is 0 Å². The van der Waals surface area contributed by atoms with Gasteiger partial charge in [-0.1, -0.05) is 6.07 Å². The number of nitrogens with zero attached hydrogens (tertiary/aromatic N) is 3. The van der Waals surface area contributed by atoms with E-state index in [2.05, 4.69) is 53.6 Å². The molecule has 0 amide bonds. The topological polar surface area (TPSA) is 37.4 Å². The van der Waals surface area contributed by atoms with Crippen LogP contribution in [0.25, 0.3) is 10.9 Å². The maximum absolute atomic E-state index is 6.26. The summed E-state index contributed by atoms with van der Waals surface area (Å²) in [5.41, 5.74) is 9.78. The number of fused-ring (bicyclic) bond motifs is 1. The quantitative estimate of drug-likeness (QED) is 0.881. The van der Waals surface area contributed by atoms with Crippen LogP contribution in [-0.2, 0) is 6.54 Å². The van der Waals surface area contributed by atoms with Crippen LogP contribution in [0.3, 0.4) is 0 Å². The van der Waals surface area contributed by atoms with Crippen molar-refractivity contribution in [1.29, 1.82) is 0 Å². The molecule has 0 saturated carbocycles. The zero-order chi connectivity index (χ0) is 15.0. The second-order valence-electron chi connectivity index (χ2n) is 6.48. The largest absolute Gasteiger partial charge is 0.398 e. The van der Waals surface area contributed by atoms with Crippen molar-refractivity contribution in [2.24, 2.45) is 0 Å². The highest BCUT2D eigenvalue weighted by Gasteiger charge is 2.18. The summed E-state index contributed by atoms with van der Waals surface area (Å²) < 4.78 is 2.34. The molecule has 2 heterocycles. The fourth-order valence-corrected chi connectivity index (χ4v) is 3.22. The molecule has 1 saturated heterocycles. The van der Waals surface area contributed by atoms with Gasteiger partial charge in [0.25, 0.3) is 0 Å². The average Bonchev–Trinajstić information content (AvgIpc) is 2.82. The molecular formula is C17H26N4. The lowest BCUT2D eigenvalue weighted by atomic mass is 10.1. The maximum atomic E-state index is 6.26. The molecule has 2 N–H and O–H groups in total. The van der Waals surface area contributed by atoms with E-state index in [9.17, 15) is 0 Å². The molecule has 0 spiro atoms. The van der Waals surface area contributed by atoms with Gasteiger partial charge in [-0.3, -0.25) is 4.90 Å². The number of nitrogen functional groups attached to an aromatic ring is 1. The molecule has 1 aromatic heterocycles. The molecule has 2 aromatic rings. The maximum Gasteiger partial charge on any atom is 0.0506 e. The minimum atomic E-state index is 0.454. The molecule has 21 heavy (non-hydrogen) atoms. The SMILES string of the molecule is CC(C)n1cc(CN2CCN(C)CC2)c2c(N)cccc21. The first kappa shape index (κ1) is 14.4. The highest BCUT2D eigenvalue weighted by atomic mass is 15.2. The van der Waals surface area contributed by atoms with Gasteiger partial charge < -0.3 is 15.2 Å². The van der Waals surface area contributed by atoms with E-state index >= 15 is 0 Å². The minimum Gasteiger partial charge on any atom is -0.398 e. The Morgan fingerprint density at radius 3 is 2.52 bits per heavy atom. The third-order valence-electron chi connectivity index (χ3n) is 4.52. The van der Waals surface area contributed by atoms with Crippen LogP contribution in [0, 0.1) is 0 Å². The predicted molar refractivity (Wildman–Crippen MR) is 89.5 cm³/mol. The van der Waals surface area contributed by atoms with Gasteiger partial charge in [-0.25, -0.2) is 0 Å². The molecule has 3 rings (SSSR count). The normalized spacial score (nSPS) is 17.9. The van der Waals surface area contributed by atoms with Crippen LogP contribution in [-0.4, -0.2) is 47.6 Å². The molecule has 0 radical (unpaired) electrons. The van der Waals surface area contributed by atoms with Crippen LogP contribution in [0.15, 0.2) is 24.4 Å². The zero-order valence-electron chi connectivity index (χ0n) is 13.3. The molecule has 0 atom stereocenters. The van der Waals surface area contributed by atoms with Crippen LogP contribution >= 0.6 is 0 Å². The third-order valence-corrected chi connectivity index (χ3v) is 4.52. The summed E-state index contributed by atoms with van der Waals surface area (Å²) in [4.78, 5) is 4.92. The van der Waals surface area contributed by atoms with Crippen molar-refractivity contribution in [2.45, 2.75) is 26.4 Å². The van der Waals surface area contributed by atoms with Gasteiger partial charge in [0.05, 0.1) is 5.52 Å². The summed E-state index contributed by atoms with van der Waals surface area (Å²) in [5, 5.41) is 1.24. The van der Waals surface area contributed by atoms with E-state index in [0.29, 0.717) is 6.04 Å². The Hall–Kier alpha value is -1.52. The van der Waals surface area contributed by atoms with Crippen molar-refractivity contribution in [2.75, 3.05) is 39.0 Å². The second-order valence-corrected chi connectivity index (χ2v) is 6.48. The van der Waals surface area contributed by atoms with Gasteiger partial charge in [0, 0.05) is 56.0 Å². The van der Waals surface area contributed by atoms with E-state index in [1.807, 2.05) is 6.07 Å². The second kappa shape index (κ2) is 5.70. The van der Waals surface area contributed by atoms with Crippen molar-refractivity contribution < 1.29 is 0 Å². The van der Waals surface area contributed by atoms with Crippen molar-refractivity contribution >= 4 is 16.6 Å². The van der Waals surface area contributed by atoms with E-state index in [-0.39, 0.29) is 0 Å². The molecule has 0 bridgehead atoms. The number of hydrogen-bond donors (Lipinski definition) is 1. The summed E-state index contributed by atoms with van der Waals surface area (Å²) in [5.74, 6) is 0. The number of benzene rings is 1. The minimum absolute atomic E-state index is 0.454. The number of likely N-dealkylation sites (N-methyl/N-ethyl adjacent to an activating group) is 1. The van der Waals surface area contributed by atoms with Gasteiger partial charge in [-0.15, -0.1) is 0 Å². The molecule has 0 unspecified atom stereocenters. The van der Waals surface area contributed by atoms with Crippen molar-refractivity contribution in [1.82, 2.24) is 14.4 Å². The summed E-state index contributed by atoms with van der Waals surface area (Å²) in [7, 11) is 2.19. The standard InChI is InChI=1S/C17H26N4/c1-13(2)21-12-14(11-20-9-7-19(3)8-10-20)17-15(18)5-4-6-16(17)21/h4-6,12-13H,7-11,18H2,1-3H3. The number of anilines is 1. The van der Waals surface area contributed by atoms with E-state index < -0.39 is 0 Å². The van der Waals surface area contributed by atoms with E-state index in [1.165, 1.54) is 16.5 Å². The Kier molecular flexibility index (Phi) is 3.91. The first-order valence-electron chi connectivity index (χ1n) is 7.85. The Labute approximate surface area is 127 Å². The summed E-state index contributed by atoms with van der Waals surface area (Å²) in [6.07, 6.45) is 2.30. The lowest BCUT2D eigenvalue weighted by Crippen LogP contribution is -2.43. The fourth-order valence-electron chi connectivity index (χ4n) is 3.22. The third kappa shape index (κ3) is 2.78. The molecule has 4 nitrogen and oxygen atoms in total. The van der Waals surface area contributed by atoms with Crippen LogP contribution in [0.4, 0.5) is 5.69 Å². The van der Waals surface area contributed by atoms with Gasteiger partial charge in [0.2, 0.25) is 0 Å². The van der Waals surface area contributed by atoms with Crippen molar-refractivity contribution in [3.05, 3.63) is 30.0 Å². The number of aromatic nitrogens is 1. The van der Waals surface area contributed by atoms with Gasteiger partial charge in [0.1, 0.15) is 0 Å². The molecule has 4 heteroatoms. The smallest absolute Gasteiger partial charge is 0.0506 e. The van der Waals surface area contributed by atoms with E-state index in [1.54, 1.807) is 0 Å². The van der Waals surface area contributed by atoms with Crippen LogP contribution in [0.5, 0.6) is 0 Å². The zero-order valence-corrected chi connectivity index (χ0v) is 13.3. The van der Waals surface area contributed by atoms with E-state index in [4.69, 9.17) is 5.73 Å². The molecule has 1 aliphatic heterocycles. The monoisotopic (exact) mass is 286 g/mol. The van der Waals surface area contributed by atoms with Gasteiger partial charge >= 0.3 is 0 Å². The lowest BCUT2D eigenvalue weighted by molar-refractivity contribution is 0.148. The van der Waals surface area contributed by atoms with Gasteiger partial charge in [0.15, 0.2) is 0 Å². The number of piperazine rings is 1. The molecular weight excluding hydrogens is 260 g/mol. The summed E-state index contributed by atoms with van der Waals surface area (Å²) >= 11 is 0. The van der Waals surface area contributed by atoms with Crippen molar-refractivity contribution in [3.8, 4) is 0 Å². The van der Waals surface area contributed by atoms with E-state index in [0.717, 1.165) is 38.4 Å². The number of rotatable bonds is 3. The molecule has 1 aliphatic rings. The Morgan fingerprint density at radius 1 is 1.14 bits per heavy atom. The van der Waals surface area contributed by atoms with Crippen LogP contribution < -0.4 is 5.73 Å². The average molecular weight is 286 g/mol. The van der Waals surface area contributed by atoms with Crippen LogP contribution in [0.2, 0.25) is 0 Å². The summed E-state index contributed by atoms with van der Waals surface area (Å²) in [6, 6.07) is 6.70. The number of nitrogens with two attached hydrogens (primary N) is 1. The number of hydrogen-bond acceptors (Lipinski definition) is 3. The molecule has 1 fully saturated rings. The van der Waals surface area contributed by atoms with Gasteiger partial charge in [-0.05, 0) is 38.6 Å². The van der Waals surface area contributed by atoms with Crippen LogP contribution in [0.1, 0.15) is 25.5 Å². The molecule has 0 aliphatic carbocycles. The summed E-state index contributed by atoms with van der Waals surface area (Å²) in [6.45, 7) is 10.0. The molecule has 1 aromatic carbocycles. The Morgan fingerprint density at radius 2 is 1.86 bits per heavy atom. The molecule has 114 valence electrons. The highest BCUT2D eigenvalue weighted by Crippen LogP contribution is 2.30. The highest BCUT2D eigenvalue weighted by molar-refractivity contribution is 5.94. The first-order valence-corrected chi connectivity index (χ1v) is 7.85. The fraction of sp³-hybridized carbons (Fsp3) is 0.529. The predicted octanol–water partition coefficient (Wildman–Crippen LogP) is 2.55. The lowest BCUT2D eigenvalue weighted by Gasteiger charge is -2.32. The Balaban J connectivity index is 1.94. The Bertz CT molecular complexity index is 621. The van der Waals surface area contributed by atoms with Crippen molar-refractivity contribution in [3.63, 3.8) is 0 Å². The first-order chi connectivity index (χ1) is 10.1.